The highest BCUT2D eigenvalue weighted by Crippen LogP contribution is 2.25. The molecular weight excluding hydrogens is 210 g/mol. The Kier molecular flexibility index (Phi) is 3.42. The largest absolute Gasteiger partial charge is 0.369 e. The zero-order chi connectivity index (χ0) is 11.4. The normalized spacial score (nSPS) is 10.4. The van der Waals surface area contributed by atoms with Crippen molar-refractivity contribution < 1.29 is 0 Å². The van der Waals surface area contributed by atoms with Crippen LogP contribution in [0.25, 0.3) is 0 Å². The topological polar surface area (TPSA) is 3.24 Å². The van der Waals surface area contributed by atoms with Crippen molar-refractivity contribution >= 4 is 20.3 Å². The number of para-hydroxylation sites is 2. The third-order valence-electron chi connectivity index (χ3n) is 2.48. The molecule has 2 aromatic rings. The number of rotatable bonds is 3. The predicted molar refractivity (Wildman–Crippen MR) is 72.5 cm³/mol. The van der Waals surface area contributed by atoms with Gasteiger partial charge in [0.15, 0.2) is 8.96 Å². The van der Waals surface area contributed by atoms with E-state index in [4.69, 9.17) is 0 Å². The van der Waals surface area contributed by atoms with Gasteiger partial charge in [-0.25, -0.2) is 0 Å². The van der Waals surface area contributed by atoms with Crippen LogP contribution in [0.2, 0.25) is 13.1 Å². The van der Waals surface area contributed by atoms with E-state index in [1.54, 1.807) is 0 Å². The Labute approximate surface area is 99.0 Å². The number of benzene rings is 2. The molecule has 0 aliphatic carbocycles. The molecule has 81 valence electrons. The Morgan fingerprint density at radius 1 is 0.688 bits per heavy atom. The summed E-state index contributed by atoms with van der Waals surface area (Å²) >= 11 is 0. The van der Waals surface area contributed by atoms with Gasteiger partial charge in [-0.3, -0.25) is 0 Å². The monoisotopic (exact) mass is 226 g/mol. The van der Waals surface area contributed by atoms with Gasteiger partial charge < -0.3 is 4.57 Å². The number of nitrogens with zero attached hydrogens (tertiary/aromatic N) is 1. The average Bonchev–Trinajstić information content (AvgIpc) is 2.31. The quantitative estimate of drug-likeness (QED) is 0.713. The summed E-state index contributed by atoms with van der Waals surface area (Å²) in [6, 6.07) is 21.2. The zero-order valence-corrected chi connectivity index (χ0v) is 10.7. The summed E-state index contributed by atoms with van der Waals surface area (Å²) in [6.07, 6.45) is 0. The molecule has 0 bridgehead atoms. The zero-order valence-electron chi connectivity index (χ0n) is 9.72. The second kappa shape index (κ2) is 4.99. The van der Waals surface area contributed by atoms with Crippen LogP contribution in [0, 0.1) is 0 Å². The van der Waals surface area contributed by atoms with Crippen molar-refractivity contribution in [1.82, 2.24) is 0 Å². The molecule has 0 N–H and O–H groups in total. The molecule has 2 heteroatoms. The van der Waals surface area contributed by atoms with Crippen LogP contribution < -0.4 is 4.57 Å². The summed E-state index contributed by atoms with van der Waals surface area (Å²) in [5, 5.41) is 0. The lowest BCUT2D eigenvalue weighted by atomic mass is 10.3. The van der Waals surface area contributed by atoms with Gasteiger partial charge in [0.1, 0.15) is 0 Å². The summed E-state index contributed by atoms with van der Waals surface area (Å²) in [7, 11) is -0.544. The highest BCUT2D eigenvalue weighted by Gasteiger charge is 2.13. The van der Waals surface area contributed by atoms with Crippen molar-refractivity contribution in [1.29, 1.82) is 0 Å². The Morgan fingerprint density at radius 3 is 1.38 bits per heavy atom. The van der Waals surface area contributed by atoms with E-state index in [0.29, 0.717) is 0 Å². The Hall–Kier alpha value is -1.54. The van der Waals surface area contributed by atoms with E-state index in [9.17, 15) is 0 Å². The van der Waals surface area contributed by atoms with E-state index < -0.39 is 8.96 Å². The van der Waals surface area contributed by atoms with Crippen LogP contribution in [0.3, 0.4) is 0 Å². The first kappa shape index (κ1) is 11.0. The summed E-state index contributed by atoms with van der Waals surface area (Å²) in [6.45, 7) is 4.62. The van der Waals surface area contributed by atoms with Crippen LogP contribution in [0.5, 0.6) is 0 Å². The van der Waals surface area contributed by atoms with Crippen LogP contribution in [0.15, 0.2) is 60.7 Å². The van der Waals surface area contributed by atoms with Crippen molar-refractivity contribution in [2.24, 2.45) is 0 Å². The fourth-order valence-electron chi connectivity index (χ4n) is 1.82. The van der Waals surface area contributed by atoms with Crippen LogP contribution in [0.1, 0.15) is 0 Å². The van der Waals surface area contributed by atoms with Gasteiger partial charge in [0.2, 0.25) is 0 Å². The van der Waals surface area contributed by atoms with Crippen molar-refractivity contribution in [3.63, 3.8) is 0 Å². The SMILES string of the molecule is C[Si](C)N(c1ccccc1)c1ccccc1. The predicted octanol–water partition coefficient (Wildman–Crippen LogP) is 4.08. The minimum atomic E-state index is -0.544. The lowest BCUT2D eigenvalue weighted by Crippen LogP contribution is -2.29. The minimum absolute atomic E-state index is 0.544. The number of hydrogen-bond acceptors (Lipinski definition) is 1. The number of hydrogen-bond donors (Lipinski definition) is 0. The standard InChI is InChI=1S/C14H16NSi/c1-16(2)15(13-9-5-3-6-10-13)14-11-7-4-8-12-14/h3-12H,1-2H3. The molecule has 0 aromatic heterocycles. The molecule has 0 amide bonds. The molecule has 0 fully saturated rings. The summed E-state index contributed by atoms with van der Waals surface area (Å²) in [5.74, 6) is 0. The summed E-state index contributed by atoms with van der Waals surface area (Å²) in [5.41, 5.74) is 2.57. The van der Waals surface area contributed by atoms with E-state index >= 15 is 0 Å². The second-order valence-electron chi connectivity index (χ2n) is 3.95. The van der Waals surface area contributed by atoms with Crippen molar-refractivity contribution in [2.75, 3.05) is 4.57 Å². The van der Waals surface area contributed by atoms with Gasteiger partial charge in [0, 0.05) is 11.4 Å². The minimum Gasteiger partial charge on any atom is -0.369 e. The average molecular weight is 226 g/mol. The molecule has 2 rings (SSSR count). The van der Waals surface area contributed by atoms with E-state index in [-0.39, 0.29) is 0 Å². The smallest absolute Gasteiger partial charge is 0.169 e. The molecule has 0 aliphatic rings. The Bertz CT molecular complexity index is 386. The lowest BCUT2D eigenvalue weighted by molar-refractivity contribution is 1.36. The fraction of sp³-hybridized carbons (Fsp3) is 0.143. The number of anilines is 2. The van der Waals surface area contributed by atoms with Crippen molar-refractivity contribution in [3.05, 3.63) is 60.7 Å². The van der Waals surface area contributed by atoms with Gasteiger partial charge >= 0.3 is 0 Å². The molecule has 0 aliphatic heterocycles. The maximum Gasteiger partial charge on any atom is 0.169 e. The molecule has 0 saturated heterocycles. The highest BCUT2D eigenvalue weighted by atomic mass is 28.3. The third kappa shape index (κ3) is 2.34. The van der Waals surface area contributed by atoms with Gasteiger partial charge in [-0.2, -0.15) is 0 Å². The first-order chi connectivity index (χ1) is 7.79. The van der Waals surface area contributed by atoms with E-state index in [0.717, 1.165) is 0 Å². The van der Waals surface area contributed by atoms with E-state index in [2.05, 4.69) is 78.3 Å². The van der Waals surface area contributed by atoms with E-state index in [1.807, 2.05) is 0 Å². The van der Waals surface area contributed by atoms with Gasteiger partial charge in [0.25, 0.3) is 0 Å². The van der Waals surface area contributed by atoms with Crippen LogP contribution >= 0.6 is 0 Å². The maximum absolute atomic E-state index is 2.44. The molecule has 0 atom stereocenters. The fourth-order valence-corrected chi connectivity index (χ4v) is 3.15. The van der Waals surface area contributed by atoms with Crippen LogP contribution in [0.4, 0.5) is 11.4 Å². The highest BCUT2D eigenvalue weighted by molar-refractivity contribution is 6.62. The summed E-state index contributed by atoms with van der Waals surface area (Å²) in [4.78, 5) is 0. The van der Waals surface area contributed by atoms with E-state index in [1.165, 1.54) is 11.4 Å². The molecule has 16 heavy (non-hydrogen) atoms. The molecule has 0 heterocycles. The van der Waals surface area contributed by atoms with Crippen molar-refractivity contribution in [3.8, 4) is 0 Å². The molecule has 1 radical (unpaired) electrons. The first-order valence-corrected chi connectivity index (χ1v) is 7.94. The Morgan fingerprint density at radius 2 is 1.06 bits per heavy atom. The Balaban J connectivity index is 2.40. The van der Waals surface area contributed by atoms with Gasteiger partial charge in [-0.05, 0) is 24.3 Å². The van der Waals surface area contributed by atoms with Crippen LogP contribution in [-0.2, 0) is 0 Å². The molecular formula is C14H16NSi. The first-order valence-electron chi connectivity index (χ1n) is 5.49. The molecule has 0 saturated carbocycles. The molecule has 0 unspecified atom stereocenters. The molecule has 2 aromatic carbocycles. The second-order valence-corrected chi connectivity index (χ2v) is 6.30. The lowest BCUT2D eigenvalue weighted by Gasteiger charge is -2.28. The van der Waals surface area contributed by atoms with Crippen LogP contribution in [-0.4, -0.2) is 8.96 Å². The third-order valence-corrected chi connectivity index (χ3v) is 3.89. The summed E-state index contributed by atoms with van der Waals surface area (Å²) < 4.78 is 2.44. The molecule has 1 nitrogen and oxygen atoms in total. The maximum atomic E-state index is 2.44. The van der Waals surface area contributed by atoms with Gasteiger partial charge in [-0.15, -0.1) is 0 Å². The van der Waals surface area contributed by atoms with Gasteiger partial charge in [0.05, 0.1) is 0 Å². The molecule has 0 spiro atoms. The van der Waals surface area contributed by atoms with Crippen molar-refractivity contribution in [2.45, 2.75) is 13.1 Å². The van der Waals surface area contributed by atoms with Gasteiger partial charge in [-0.1, -0.05) is 49.5 Å².